The van der Waals surface area contributed by atoms with Gasteiger partial charge in [0.15, 0.2) is 0 Å². The predicted octanol–water partition coefficient (Wildman–Crippen LogP) is 6.00. The highest BCUT2D eigenvalue weighted by atomic mass is 16.5. The van der Waals surface area contributed by atoms with Crippen LogP contribution in [0.4, 0.5) is 0 Å². The average Bonchev–Trinajstić information content (AvgIpc) is 3.06. The van der Waals surface area contributed by atoms with Gasteiger partial charge in [0.1, 0.15) is 53.7 Å². The molecule has 2 rings (SSSR count). The standard InChI is InChI=1S/C17H18O5.2C5H8O.2C3H4O/c1-19-12-7-5-11(6-8-12)17(18)16-14(21-3)9-13(20-2)10-15(16)22-4;2*1-3-5(2)4-6;2*1-2-3-4/h5-10H,1-4H3;2*3-4H,1-2H3;2*2-3H,1H2/b;2*5-3+;;. The van der Waals surface area contributed by atoms with Crippen LogP contribution in [-0.4, -0.2) is 59.4 Å². The number of hydrogen-bond acceptors (Lipinski definition) is 9. The quantitative estimate of drug-likeness (QED) is 0.189. The number of rotatable bonds is 10. The Morgan fingerprint density at radius 1 is 0.643 bits per heavy atom. The van der Waals surface area contributed by atoms with Crippen LogP contribution >= 0.6 is 0 Å². The molecule has 2 aromatic carbocycles. The van der Waals surface area contributed by atoms with Crippen molar-refractivity contribution >= 4 is 30.9 Å². The van der Waals surface area contributed by atoms with E-state index in [1.807, 2.05) is 13.8 Å². The zero-order valence-corrected chi connectivity index (χ0v) is 25.7. The zero-order chi connectivity index (χ0) is 32.9. The molecule has 228 valence electrons. The van der Waals surface area contributed by atoms with Crippen molar-refractivity contribution in [3.05, 3.63) is 96.1 Å². The van der Waals surface area contributed by atoms with Crippen molar-refractivity contribution in [2.75, 3.05) is 28.4 Å². The Bertz CT molecular complexity index is 1100. The third kappa shape index (κ3) is 18.3. The summed E-state index contributed by atoms with van der Waals surface area (Å²) in [4.78, 5) is 50.2. The molecule has 0 unspecified atom stereocenters. The summed E-state index contributed by atoms with van der Waals surface area (Å²) >= 11 is 0. The Labute approximate surface area is 249 Å². The van der Waals surface area contributed by atoms with Crippen molar-refractivity contribution < 1.29 is 42.9 Å². The van der Waals surface area contributed by atoms with Gasteiger partial charge in [0, 0.05) is 17.7 Å². The summed E-state index contributed by atoms with van der Waals surface area (Å²) < 4.78 is 20.9. The van der Waals surface area contributed by atoms with Crippen molar-refractivity contribution in [2.24, 2.45) is 0 Å². The van der Waals surface area contributed by atoms with E-state index in [-0.39, 0.29) is 5.78 Å². The van der Waals surface area contributed by atoms with E-state index in [0.29, 0.717) is 46.7 Å². The molecule has 0 aromatic heterocycles. The first-order chi connectivity index (χ1) is 20.1. The molecule has 0 N–H and O–H groups in total. The summed E-state index contributed by atoms with van der Waals surface area (Å²) in [6.45, 7) is 13.4. The Kier molecular flexibility index (Phi) is 27.1. The summed E-state index contributed by atoms with van der Waals surface area (Å²) in [6, 6.07) is 10.2. The van der Waals surface area contributed by atoms with E-state index >= 15 is 0 Å². The number of ketones is 1. The maximum atomic E-state index is 12.8. The van der Waals surface area contributed by atoms with E-state index < -0.39 is 0 Å². The molecule has 2 aromatic rings. The van der Waals surface area contributed by atoms with E-state index in [9.17, 15) is 14.4 Å². The van der Waals surface area contributed by atoms with Gasteiger partial charge in [-0.15, -0.1) is 0 Å². The largest absolute Gasteiger partial charge is 0.497 e. The van der Waals surface area contributed by atoms with E-state index in [1.165, 1.54) is 26.4 Å². The van der Waals surface area contributed by atoms with Crippen LogP contribution in [0.5, 0.6) is 23.0 Å². The lowest BCUT2D eigenvalue weighted by Crippen LogP contribution is -2.07. The third-order valence-corrected chi connectivity index (χ3v) is 4.77. The average molecular weight is 583 g/mol. The molecular weight excluding hydrogens is 540 g/mol. The number of benzene rings is 2. The maximum absolute atomic E-state index is 12.8. The van der Waals surface area contributed by atoms with Gasteiger partial charge in [0.2, 0.25) is 5.78 Å². The number of carbonyl (C=O) groups is 5. The molecule has 9 nitrogen and oxygen atoms in total. The normalized spacial score (nSPS) is 9.43. The maximum Gasteiger partial charge on any atom is 0.200 e. The van der Waals surface area contributed by atoms with Crippen LogP contribution in [0.2, 0.25) is 0 Å². The zero-order valence-electron chi connectivity index (χ0n) is 25.7. The molecule has 0 aliphatic rings. The van der Waals surface area contributed by atoms with E-state index in [1.54, 1.807) is 76.6 Å². The Morgan fingerprint density at radius 3 is 1.21 bits per heavy atom. The predicted molar refractivity (Wildman–Crippen MR) is 166 cm³/mol. The Balaban J connectivity index is -0.000000618. The fraction of sp³-hybridized carbons (Fsp3) is 0.242. The lowest BCUT2D eigenvalue weighted by molar-refractivity contribution is -0.105. The SMILES string of the molecule is C/C=C(\C)C=O.C/C=C(\C)C=O.C=CC=O.C=CC=O.COc1ccc(C(=O)c2c(OC)cc(OC)cc2OC)cc1. The lowest BCUT2D eigenvalue weighted by atomic mass is 10.0. The molecule has 0 radical (unpaired) electrons. The number of ether oxygens (including phenoxy) is 4. The fourth-order valence-electron chi connectivity index (χ4n) is 2.25. The van der Waals surface area contributed by atoms with Gasteiger partial charge in [0.25, 0.3) is 0 Å². The molecule has 0 amide bonds. The number of carbonyl (C=O) groups excluding carboxylic acids is 5. The van der Waals surface area contributed by atoms with Crippen LogP contribution in [0.3, 0.4) is 0 Å². The van der Waals surface area contributed by atoms with E-state index in [4.69, 9.17) is 28.5 Å². The summed E-state index contributed by atoms with van der Waals surface area (Å²) in [5, 5.41) is 0. The van der Waals surface area contributed by atoms with Crippen molar-refractivity contribution in [3.8, 4) is 23.0 Å². The molecule has 0 bridgehead atoms. The Morgan fingerprint density at radius 2 is 1.00 bits per heavy atom. The van der Waals surface area contributed by atoms with Crippen molar-refractivity contribution in [1.82, 2.24) is 0 Å². The topological polar surface area (TPSA) is 122 Å². The fourth-order valence-corrected chi connectivity index (χ4v) is 2.25. The molecule has 0 aliphatic carbocycles. The van der Waals surface area contributed by atoms with Crippen LogP contribution in [0, 0.1) is 0 Å². The number of methoxy groups -OCH3 is 4. The van der Waals surface area contributed by atoms with Crippen LogP contribution in [-0.2, 0) is 19.2 Å². The number of allylic oxidation sites excluding steroid dienone is 6. The molecule has 0 saturated carbocycles. The first-order valence-electron chi connectivity index (χ1n) is 12.4. The summed E-state index contributed by atoms with van der Waals surface area (Å²) in [5.41, 5.74) is 2.45. The first kappa shape index (κ1) is 41.4. The molecule has 9 heteroatoms. The van der Waals surface area contributed by atoms with Gasteiger partial charge in [-0.05, 0) is 75.3 Å². The van der Waals surface area contributed by atoms with Crippen LogP contribution < -0.4 is 18.9 Å². The van der Waals surface area contributed by atoms with Crippen LogP contribution in [0.1, 0.15) is 43.6 Å². The van der Waals surface area contributed by atoms with Gasteiger partial charge < -0.3 is 18.9 Å². The minimum Gasteiger partial charge on any atom is -0.497 e. The minimum atomic E-state index is -0.195. The molecule has 0 aliphatic heterocycles. The van der Waals surface area contributed by atoms with Gasteiger partial charge in [-0.1, -0.05) is 25.3 Å². The van der Waals surface area contributed by atoms with E-state index in [0.717, 1.165) is 23.7 Å². The van der Waals surface area contributed by atoms with Gasteiger partial charge in [-0.3, -0.25) is 24.0 Å². The van der Waals surface area contributed by atoms with Crippen molar-refractivity contribution in [1.29, 1.82) is 0 Å². The highest BCUT2D eigenvalue weighted by Gasteiger charge is 2.21. The molecule has 0 saturated heterocycles. The molecule has 0 spiro atoms. The molecule has 0 atom stereocenters. The molecular formula is C33H42O9. The Hall–Kier alpha value is -5.05. The van der Waals surface area contributed by atoms with Gasteiger partial charge >= 0.3 is 0 Å². The molecule has 0 fully saturated rings. The molecule has 42 heavy (non-hydrogen) atoms. The summed E-state index contributed by atoms with van der Waals surface area (Å²) in [7, 11) is 6.11. The van der Waals surface area contributed by atoms with Gasteiger partial charge in [-0.2, -0.15) is 0 Å². The number of aldehydes is 4. The van der Waals surface area contributed by atoms with Gasteiger partial charge in [-0.25, -0.2) is 0 Å². The van der Waals surface area contributed by atoms with E-state index in [2.05, 4.69) is 13.2 Å². The highest BCUT2D eigenvalue weighted by Crippen LogP contribution is 2.35. The highest BCUT2D eigenvalue weighted by molar-refractivity contribution is 6.12. The second-order valence-electron chi connectivity index (χ2n) is 7.51. The summed E-state index contributed by atoms with van der Waals surface area (Å²) in [5.74, 6) is 1.85. The monoisotopic (exact) mass is 582 g/mol. The van der Waals surface area contributed by atoms with Gasteiger partial charge in [0.05, 0.1) is 28.4 Å². The van der Waals surface area contributed by atoms with Crippen LogP contribution in [0.15, 0.2) is 85.0 Å². The smallest absolute Gasteiger partial charge is 0.200 e. The van der Waals surface area contributed by atoms with Crippen molar-refractivity contribution in [2.45, 2.75) is 27.7 Å². The first-order valence-corrected chi connectivity index (χ1v) is 12.4. The van der Waals surface area contributed by atoms with Crippen LogP contribution in [0.25, 0.3) is 0 Å². The number of hydrogen-bond donors (Lipinski definition) is 0. The lowest BCUT2D eigenvalue weighted by Gasteiger charge is -2.14. The second kappa shape index (κ2) is 27.5. The third-order valence-electron chi connectivity index (χ3n) is 4.77. The molecule has 0 heterocycles. The van der Waals surface area contributed by atoms with Crippen molar-refractivity contribution in [3.63, 3.8) is 0 Å². The second-order valence-corrected chi connectivity index (χ2v) is 7.51. The summed E-state index contributed by atoms with van der Waals surface area (Å²) in [6.07, 6.45) is 8.88. The minimum absolute atomic E-state index is 0.195.